The summed E-state index contributed by atoms with van der Waals surface area (Å²) in [6.45, 7) is 3.54. The van der Waals surface area contributed by atoms with E-state index in [-0.39, 0.29) is 11.7 Å². The molecule has 0 radical (unpaired) electrons. The number of carbonyl (C=O) groups excluding carboxylic acids is 1. The van der Waals surface area contributed by atoms with Gasteiger partial charge in [-0.2, -0.15) is 5.10 Å². The van der Waals surface area contributed by atoms with Crippen molar-refractivity contribution in [3.05, 3.63) is 16.9 Å². The molecule has 1 fully saturated rings. The standard InChI is InChI=1S/C13H20ClN3O/c1-9(10-4-5-10)13(18)12-11(14)8-15-17(12)7-6-16(2)3/h8-10H,4-7H2,1-3H3. The molecule has 4 nitrogen and oxygen atoms in total. The van der Waals surface area contributed by atoms with E-state index in [4.69, 9.17) is 11.6 Å². The number of likely N-dealkylation sites (N-methyl/N-ethyl adjacent to an activating group) is 1. The maximum atomic E-state index is 12.4. The SMILES string of the molecule is CC(C(=O)c1c(Cl)cnn1CCN(C)C)C1CC1. The topological polar surface area (TPSA) is 38.1 Å². The Morgan fingerprint density at radius 1 is 1.61 bits per heavy atom. The molecule has 1 aliphatic carbocycles. The van der Waals surface area contributed by atoms with Gasteiger partial charge in [-0.05, 0) is 32.9 Å². The van der Waals surface area contributed by atoms with E-state index < -0.39 is 0 Å². The van der Waals surface area contributed by atoms with Crippen molar-refractivity contribution in [3.63, 3.8) is 0 Å². The zero-order chi connectivity index (χ0) is 13.3. The largest absolute Gasteiger partial charge is 0.308 e. The Labute approximate surface area is 113 Å². The van der Waals surface area contributed by atoms with Crippen LogP contribution >= 0.6 is 11.6 Å². The number of nitrogens with zero attached hydrogens (tertiary/aromatic N) is 3. The minimum Gasteiger partial charge on any atom is -0.308 e. The highest BCUT2D eigenvalue weighted by Gasteiger charge is 2.35. The Morgan fingerprint density at radius 2 is 2.28 bits per heavy atom. The van der Waals surface area contributed by atoms with Gasteiger partial charge in [0.15, 0.2) is 5.78 Å². The lowest BCUT2D eigenvalue weighted by Crippen LogP contribution is -2.24. The van der Waals surface area contributed by atoms with Crippen LogP contribution in [0.3, 0.4) is 0 Å². The molecule has 1 unspecified atom stereocenters. The van der Waals surface area contributed by atoms with Gasteiger partial charge in [0.05, 0.1) is 17.8 Å². The van der Waals surface area contributed by atoms with Crippen LogP contribution in [0.5, 0.6) is 0 Å². The monoisotopic (exact) mass is 269 g/mol. The summed E-state index contributed by atoms with van der Waals surface area (Å²) in [7, 11) is 4.00. The van der Waals surface area contributed by atoms with E-state index in [2.05, 4.69) is 10.00 Å². The molecular weight excluding hydrogens is 250 g/mol. The third-order valence-corrected chi connectivity index (χ3v) is 3.81. The van der Waals surface area contributed by atoms with Crippen LogP contribution in [-0.2, 0) is 6.54 Å². The first-order valence-electron chi connectivity index (χ1n) is 6.41. The van der Waals surface area contributed by atoms with Crippen molar-refractivity contribution in [1.82, 2.24) is 14.7 Å². The summed E-state index contributed by atoms with van der Waals surface area (Å²) < 4.78 is 1.74. The molecule has 1 aromatic rings. The predicted molar refractivity (Wildman–Crippen MR) is 72.0 cm³/mol. The third kappa shape index (κ3) is 2.93. The van der Waals surface area contributed by atoms with Crippen molar-refractivity contribution in [2.75, 3.05) is 20.6 Å². The van der Waals surface area contributed by atoms with Crippen molar-refractivity contribution in [2.24, 2.45) is 11.8 Å². The molecule has 0 bridgehead atoms. The molecule has 0 aliphatic heterocycles. The number of rotatable bonds is 6. The Balaban J connectivity index is 2.14. The highest BCUT2D eigenvalue weighted by Crippen LogP contribution is 2.38. The molecule has 0 saturated heterocycles. The van der Waals surface area contributed by atoms with Crippen LogP contribution in [0.2, 0.25) is 5.02 Å². The summed E-state index contributed by atoms with van der Waals surface area (Å²) in [6, 6.07) is 0. The average Bonchev–Trinajstić information content (AvgIpc) is 3.09. The lowest BCUT2D eigenvalue weighted by Gasteiger charge is -2.14. The summed E-state index contributed by atoms with van der Waals surface area (Å²) in [4.78, 5) is 14.5. The van der Waals surface area contributed by atoms with Crippen LogP contribution in [0.15, 0.2) is 6.20 Å². The van der Waals surface area contributed by atoms with Gasteiger partial charge in [-0.3, -0.25) is 9.48 Å². The minimum absolute atomic E-state index is 0.0670. The Morgan fingerprint density at radius 3 is 2.83 bits per heavy atom. The van der Waals surface area contributed by atoms with E-state index in [0.717, 1.165) is 19.4 Å². The molecule has 5 heteroatoms. The number of hydrogen-bond donors (Lipinski definition) is 0. The summed E-state index contributed by atoms with van der Waals surface area (Å²) in [5.74, 6) is 0.752. The zero-order valence-corrected chi connectivity index (χ0v) is 11.9. The number of aromatic nitrogens is 2. The maximum absolute atomic E-state index is 12.4. The molecule has 1 aliphatic rings. The number of halogens is 1. The Bertz CT molecular complexity index is 437. The second-order valence-electron chi connectivity index (χ2n) is 5.36. The zero-order valence-electron chi connectivity index (χ0n) is 11.2. The van der Waals surface area contributed by atoms with Gasteiger partial charge in [-0.15, -0.1) is 0 Å². The summed E-state index contributed by atoms with van der Waals surface area (Å²) in [5.41, 5.74) is 0.581. The summed E-state index contributed by atoms with van der Waals surface area (Å²) in [6.07, 6.45) is 3.90. The van der Waals surface area contributed by atoms with E-state index >= 15 is 0 Å². The highest BCUT2D eigenvalue weighted by molar-refractivity contribution is 6.33. The fourth-order valence-electron chi connectivity index (χ4n) is 2.10. The molecule has 0 amide bonds. The lowest BCUT2D eigenvalue weighted by molar-refractivity contribution is 0.0904. The molecule has 18 heavy (non-hydrogen) atoms. The van der Waals surface area contributed by atoms with Crippen molar-refractivity contribution in [3.8, 4) is 0 Å². The second kappa shape index (κ2) is 5.41. The van der Waals surface area contributed by atoms with Crippen LogP contribution < -0.4 is 0 Å². The van der Waals surface area contributed by atoms with Gasteiger partial charge in [0, 0.05) is 12.5 Å². The number of Topliss-reactive ketones (excluding diaryl/α,β-unsaturated/α-hetero) is 1. The number of hydrogen-bond acceptors (Lipinski definition) is 3. The van der Waals surface area contributed by atoms with Gasteiger partial charge >= 0.3 is 0 Å². The van der Waals surface area contributed by atoms with E-state index in [1.165, 1.54) is 0 Å². The summed E-state index contributed by atoms with van der Waals surface area (Å²) in [5, 5.41) is 4.69. The molecule has 1 heterocycles. The Hall–Kier alpha value is -0.870. The molecule has 2 rings (SSSR count). The number of ketones is 1. The first-order valence-corrected chi connectivity index (χ1v) is 6.78. The van der Waals surface area contributed by atoms with Crippen molar-refractivity contribution < 1.29 is 4.79 Å². The molecule has 100 valence electrons. The molecule has 0 spiro atoms. The van der Waals surface area contributed by atoms with Crippen LogP contribution in [0.4, 0.5) is 0 Å². The lowest BCUT2D eigenvalue weighted by atomic mass is 9.98. The average molecular weight is 270 g/mol. The van der Waals surface area contributed by atoms with Crippen LogP contribution in [0, 0.1) is 11.8 Å². The predicted octanol–water partition coefficient (Wildman–Crippen LogP) is 2.33. The summed E-state index contributed by atoms with van der Waals surface area (Å²) >= 11 is 6.11. The normalized spacial score (nSPS) is 17.2. The van der Waals surface area contributed by atoms with E-state index in [1.807, 2.05) is 21.0 Å². The molecule has 1 atom stereocenters. The van der Waals surface area contributed by atoms with Gasteiger partial charge in [0.25, 0.3) is 0 Å². The van der Waals surface area contributed by atoms with Crippen LogP contribution in [-0.4, -0.2) is 41.1 Å². The van der Waals surface area contributed by atoms with Crippen molar-refractivity contribution in [2.45, 2.75) is 26.3 Å². The smallest absolute Gasteiger partial charge is 0.185 e. The fourth-order valence-corrected chi connectivity index (χ4v) is 2.33. The van der Waals surface area contributed by atoms with Gasteiger partial charge < -0.3 is 4.90 Å². The van der Waals surface area contributed by atoms with Crippen molar-refractivity contribution in [1.29, 1.82) is 0 Å². The van der Waals surface area contributed by atoms with E-state index in [0.29, 0.717) is 23.2 Å². The highest BCUT2D eigenvalue weighted by atomic mass is 35.5. The molecule has 0 aromatic carbocycles. The van der Waals surface area contributed by atoms with Gasteiger partial charge in [0.1, 0.15) is 5.69 Å². The quantitative estimate of drug-likeness (QED) is 0.744. The van der Waals surface area contributed by atoms with E-state index in [9.17, 15) is 4.79 Å². The van der Waals surface area contributed by atoms with Gasteiger partial charge in [0.2, 0.25) is 0 Å². The van der Waals surface area contributed by atoms with Gasteiger partial charge in [-0.25, -0.2) is 0 Å². The van der Waals surface area contributed by atoms with Crippen molar-refractivity contribution >= 4 is 17.4 Å². The minimum atomic E-state index is 0.0670. The van der Waals surface area contributed by atoms with E-state index in [1.54, 1.807) is 10.9 Å². The second-order valence-corrected chi connectivity index (χ2v) is 5.77. The van der Waals surface area contributed by atoms with Crippen LogP contribution in [0.25, 0.3) is 0 Å². The maximum Gasteiger partial charge on any atom is 0.185 e. The molecule has 0 N–H and O–H groups in total. The molecular formula is C13H20ClN3O. The molecule has 1 saturated carbocycles. The fraction of sp³-hybridized carbons (Fsp3) is 0.692. The molecule has 1 aromatic heterocycles. The number of carbonyl (C=O) groups is 1. The van der Waals surface area contributed by atoms with Gasteiger partial charge in [-0.1, -0.05) is 18.5 Å². The first-order chi connectivity index (χ1) is 8.50. The first kappa shape index (κ1) is 13.6. The Kier molecular flexibility index (Phi) is 4.07. The van der Waals surface area contributed by atoms with Crippen LogP contribution in [0.1, 0.15) is 30.3 Å². The third-order valence-electron chi connectivity index (χ3n) is 3.53.